The van der Waals surface area contributed by atoms with E-state index in [0.717, 1.165) is 16.3 Å². The van der Waals surface area contributed by atoms with Gasteiger partial charge in [0.25, 0.3) is 5.69 Å². The molecule has 4 rings (SSSR count). The van der Waals surface area contributed by atoms with E-state index in [0.29, 0.717) is 5.56 Å². The zero-order chi connectivity index (χ0) is 19.0. The van der Waals surface area contributed by atoms with Crippen LogP contribution in [0.4, 0.5) is 5.69 Å². The summed E-state index contributed by atoms with van der Waals surface area (Å²) in [6, 6.07) is 17.4. The first-order valence-corrected chi connectivity index (χ1v) is 8.35. The standard InChI is InChI=1S/C20H11ClN2O4/c21-17-11-14(23(25)26)8-9-16(17)19-22-18(20(24)27-19)10-13-6-3-5-12-4-1-2-7-15(12)13/h1-11H. The van der Waals surface area contributed by atoms with Gasteiger partial charge in [0.05, 0.1) is 15.5 Å². The van der Waals surface area contributed by atoms with Gasteiger partial charge in [0.2, 0.25) is 5.90 Å². The Bertz CT molecular complexity index is 1160. The molecule has 0 atom stereocenters. The molecular weight excluding hydrogens is 368 g/mol. The summed E-state index contributed by atoms with van der Waals surface area (Å²) < 4.78 is 5.21. The highest BCUT2D eigenvalue weighted by molar-refractivity contribution is 6.34. The molecule has 0 saturated carbocycles. The summed E-state index contributed by atoms with van der Waals surface area (Å²) in [5, 5.41) is 12.9. The van der Waals surface area contributed by atoms with Crippen LogP contribution < -0.4 is 0 Å². The zero-order valence-corrected chi connectivity index (χ0v) is 14.5. The highest BCUT2D eigenvalue weighted by atomic mass is 35.5. The summed E-state index contributed by atoms with van der Waals surface area (Å²) in [7, 11) is 0. The van der Waals surface area contributed by atoms with Gasteiger partial charge in [-0.3, -0.25) is 10.1 Å². The molecule has 1 aliphatic rings. The second kappa shape index (κ2) is 6.66. The lowest BCUT2D eigenvalue weighted by atomic mass is 10.0. The van der Waals surface area contributed by atoms with Crippen molar-refractivity contribution in [1.29, 1.82) is 0 Å². The molecular formula is C20H11ClN2O4. The Balaban J connectivity index is 1.75. The van der Waals surface area contributed by atoms with Crippen molar-refractivity contribution < 1.29 is 14.5 Å². The molecule has 0 bridgehead atoms. The zero-order valence-electron chi connectivity index (χ0n) is 13.8. The molecule has 0 aromatic heterocycles. The number of aliphatic imine (C=N–C) groups is 1. The number of nitro benzene ring substituents is 1. The Morgan fingerprint density at radius 1 is 1.07 bits per heavy atom. The van der Waals surface area contributed by atoms with Crippen LogP contribution >= 0.6 is 11.6 Å². The Labute approximate surface area is 158 Å². The van der Waals surface area contributed by atoms with E-state index in [2.05, 4.69) is 4.99 Å². The molecule has 0 spiro atoms. The highest BCUT2D eigenvalue weighted by Gasteiger charge is 2.26. The van der Waals surface area contributed by atoms with E-state index in [1.165, 1.54) is 18.2 Å². The Kier molecular flexibility index (Phi) is 4.18. The van der Waals surface area contributed by atoms with Crippen molar-refractivity contribution in [1.82, 2.24) is 0 Å². The molecule has 0 unspecified atom stereocenters. The maximum atomic E-state index is 12.2. The average molecular weight is 379 g/mol. The maximum Gasteiger partial charge on any atom is 0.363 e. The number of ether oxygens (including phenoxy) is 1. The maximum absolute atomic E-state index is 12.2. The van der Waals surface area contributed by atoms with Crippen LogP contribution in [0.1, 0.15) is 11.1 Å². The third-order valence-corrected chi connectivity index (χ3v) is 4.44. The fourth-order valence-corrected chi connectivity index (χ4v) is 3.09. The molecule has 0 amide bonds. The van der Waals surface area contributed by atoms with Crippen LogP contribution in [0.25, 0.3) is 16.8 Å². The monoisotopic (exact) mass is 378 g/mol. The number of cyclic esters (lactones) is 1. The summed E-state index contributed by atoms with van der Waals surface area (Å²) in [6.45, 7) is 0. The normalized spacial score (nSPS) is 15.1. The van der Waals surface area contributed by atoms with Crippen LogP contribution in [0.5, 0.6) is 0 Å². The van der Waals surface area contributed by atoms with E-state index in [-0.39, 0.29) is 22.3 Å². The van der Waals surface area contributed by atoms with Gasteiger partial charge in [-0.15, -0.1) is 0 Å². The van der Waals surface area contributed by atoms with Crippen molar-refractivity contribution in [3.8, 4) is 0 Å². The molecule has 1 aliphatic heterocycles. The van der Waals surface area contributed by atoms with Crippen LogP contribution in [0, 0.1) is 10.1 Å². The van der Waals surface area contributed by atoms with Gasteiger partial charge in [-0.25, -0.2) is 9.79 Å². The van der Waals surface area contributed by atoms with Crippen molar-refractivity contribution in [2.24, 2.45) is 4.99 Å². The minimum atomic E-state index is -0.604. The Morgan fingerprint density at radius 3 is 2.63 bits per heavy atom. The molecule has 0 saturated heterocycles. The van der Waals surface area contributed by atoms with Crippen LogP contribution in [0.3, 0.4) is 0 Å². The number of fused-ring (bicyclic) bond motifs is 1. The van der Waals surface area contributed by atoms with Gasteiger partial charge in [0.1, 0.15) is 0 Å². The van der Waals surface area contributed by atoms with Gasteiger partial charge in [-0.1, -0.05) is 54.1 Å². The van der Waals surface area contributed by atoms with E-state index in [4.69, 9.17) is 16.3 Å². The summed E-state index contributed by atoms with van der Waals surface area (Å²) in [5.41, 5.74) is 1.13. The third kappa shape index (κ3) is 3.18. The molecule has 27 heavy (non-hydrogen) atoms. The first-order valence-electron chi connectivity index (χ1n) is 7.97. The van der Waals surface area contributed by atoms with E-state index in [9.17, 15) is 14.9 Å². The number of benzene rings is 3. The molecule has 0 N–H and O–H groups in total. The van der Waals surface area contributed by atoms with Crippen molar-refractivity contribution in [2.75, 3.05) is 0 Å². The molecule has 0 radical (unpaired) electrons. The SMILES string of the molecule is O=C1OC(c2ccc([N+](=O)[O-])cc2Cl)=NC1=Cc1cccc2ccccc12. The number of esters is 1. The fraction of sp³-hybridized carbons (Fsp3) is 0. The van der Waals surface area contributed by atoms with Crippen LogP contribution in [-0.2, 0) is 9.53 Å². The number of non-ortho nitro benzene ring substituents is 1. The van der Waals surface area contributed by atoms with Crippen molar-refractivity contribution in [3.63, 3.8) is 0 Å². The largest absolute Gasteiger partial charge is 0.402 e. The number of rotatable bonds is 3. The molecule has 3 aromatic rings. The quantitative estimate of drug-likeness (QED) is 0.285. The van der Waals surface area contributed by atoms with Gasteiger partial charge >= 0.3 is 5.97 Å². The molecule has 6 nitrogen and oxygen atoms in total. The second-order valence-corrected chi connectivity index (χ2v) is 6.23. The number of nitro groups is 1. The molecule has 0 fully saturated rings. The van der Waals surface area contributed by atoms with Crippen LogP contribution in [-0.4, -0.2) is 16.8 Å². The van der Waals surface area contributed by atoms with Gasteiger partial charge in [-0.05, 0) is 28.5 Å². The van der Waals surface area contributed by atoms with Crippen molar-refractivity contribution in [2.45, 2.75) is 0 Å². The molecule has 0 aliphatic carbocycles. The first kappa shape index (κ1) is 16.9. The predicted octanol–water partition coefficient (Wildman–Crippen LogP) is 4.75. The number of carbonyl (C=O) groups excluding carboxylic acids is 1. The lowest BCUT2D eigenvalue weighted by Gasteiger charge is -2.02. The van der Waals surface area contributed by atoms with E-state index in [1.54, 1.807) is 6.08 Å². The van der Waals surface area contributed by atoms with Gasteiger partial charge in [0, 0.05) is 12.1 Å². The predicted molar refractivity (Wildman–Crippen MR) is 103 cm³/mol. The summed E-state index contributed by atoms with van der Waals surface area (Å²) in [5.74, 6) is -0.585. The number of halogens is 1. The van der Waals surface area contributed by atoms with Gasteiger partial charge in [0.15, 0.2) is 5.70 Å². The summed E-state index contributed by atoms with van der Waals surface area (Å²) >= 11 is 6.09. The number of nitrogens with zero attached hydrogens (tertiary/aromatic N) is 2. The Hall–Kier alpha value is -3.51. The van der Waals surface area contributed by atoms with E-state index < -0.39 is 10.9 Å². The van der Waals surface area contributed by atoms with E-state index in [1.807, 2.05) is 42.5 Å². The Morgan fingerprint density at radius 2 is 1.85 bits per heavy atom. The van der Waals surface area contributed by atoms with Crippen molar-refractivity contribution >= 4 is 46.0 Å². The molecule has 3 aromatic carbocycles. The number of hydrogen-bond donors (Lipinski definition) is 0. The van der Waals surface area contributed by atoms with Crippen molar-refractivity contribution in [3.05, 3.63) is 92.6 Å². The second-order valence-electron chi connectivity index (χ2n) is 5.83. The minimum absolute atomic E-state index is 0.0198. The first-order chi connectivity index (χ1) is 13.0. The summed E-state index contributed by atoms with van der Waals surface area (Å²) in [6.07, 6.45) is 1.65. The lowest BCUT2D eigenvalue weighted by Crippen LogP contribution is -2.06. The topological polar surface area (TPSA) is 81.8 Å². The summed E-state index contributed by atoms with van der Waals surface area (Å²) in [4.78, 5) is 26.7. The minimum Gasteiger partial charge on any atom is -0.402 e. The smallest absolute Gasteiger partial charge is 0.363 e. The molecule has 1 heterocycles. The van der Waals surface area contributed by atoms with Gasteiger partial charge in [-0.2, -0.15) is 0 Å². The highest BCUT2D eigenvalue weighted by Crippen LogP contribution is 2.28. The fourth-order valence-electron chi connectivity index (χ4n) is 2.84. The van der Waals surface area contributed by atoms with E-state index >= 15 is 0 Å². The third-order valence-electron chi connectivity index (χ3n) is 4.13. The molecule has 7 heteroatoms. The van der Waals surface area contributed by atoms with Gasteiger partial charge < -0.3 is 4.74 Å². The van der Waals surface area contributed by atoms with Crippen LogP contribution in [0.15, 0.2) is 71.4 Å². The number of carbonyl (C=O) groups is 1. The lowest BCUT2D eigenvalue weighted by molar-refractivity contribution is -0.384. The van der Waals surface area contributed by atoms with Crippen LogP contribution in [0.2, 0.25) is 5.02 Å². The molecule has 132 valence electrons. The average Bonchev–Trinajstić information content (AvgIpc) is 3.02. The number of hydrogen-bond acceptors (Lipinski definition) is 5.